The van der Waals surface area contributed by atoms with Gasteiger partial charge in [-0.1, -0.05) is 24.8 Å². The summed E-state index contributed by atoms with van der Waals surface area (Å²) in [5, 5.41) is 0. The van der Waals surface area contributed by atoms with Gasteiger partial charge in [-0.3, -0.25) is 4.72 Å². The van der Waals surface area contributed by atoms with E-state index in [2.05, 4.69) is 16.6 Å². The molecular weight excluding hydrogens is 360 g/mol. The van der Waals surface area contributed by atoms with Crippen LogP contribution in [0.4, 0.5) is 5.69 Å². The fraction of sp³-hybridized carbons (Fsp3) is 0.235. The van der Waals surface area contributed by atoms with Crippen molar-refractivity contribution < 1.29 is 8.42 Å². The van der Waals surface area contributed by atoms with Gasteiger partial charge in [0.1, 0.15) is 0 Å². The number of thioether (sulfide) groups is 1. The van der Waals surface area contributed by atoms with Crippen LogP contribution in [0.1, 0.15) is 18.1 Å². The van der Waals surface area contributed by atoms with Crippen LogP contribution in [0.25, 0.3) is 10.2 Å². The van der Waals surface area contributed by atoms with Crippen molar-refractivity contribution in [2.75, 3.05) is 10.5 Å². The Bertz CT molecular complexity index is 994. The van der Waals surface area contributed by atoms with Gasteiger partial charge in [0.05, 0.1) is 20.8 Å². The normalized spacial score (nSPS) is 11.8. The largest absolute Gasteiger partial charge is 0.280 e. The van der Waals surface area contributed by atoms with Gasteiger partial charge >= 0.3 is 0 Å². The molecule has 24 heavy (non-hydrogen) atoms. The summed E-state index contributed by atoms with van der Waals surface area (Å²) in [5.41, 5.74) is 3.47. The van der Waals surface area contributed by atoms with E-state index in [1.165, 1.54) is 0 Å². The summed E-state index contributed by atoms with van der Waals surface area (Å²) >= 11 is 3.27. The van der Waals surface area contributed by atoms with Crippen LogP contribution in [0.15, 0.2) is 45.6 Å². The molecule has 3 rings (SSSR count). The van der Waals surface area contributed by atoms with Crippen LogP contribution in [0, 0.1) is 13.8 Å². The highest BCUT2D eigenvalue weighted by molar-refractivity contribution is 8.01. The average Bonchev–Trinajstić information content (AvgIpc) is 2.91. The van der Waals surface area contributed by atoms with Crippen LogP contribution in [0.2, 0.25) is 0 Å². The lowest BCUT2D eigenvalue weighted by Gasteiger charge is -2.09. The van der Waals surface area contributed by atoms with Gasteiger partial charge in [-0.2, -0.15) is 0 Å². The number of nitrogens with one attached hydrogen (secondary N) is 1. The zero-order valence-corrected chi connectivity index (χ0v) is 16.1. The molecule has 7 heteroatoms. The molecule has 0 saturated heterocycles. The van der Waals surface area contributed by atoms with Crippen molar-refractivity contribution in [2.45, 2.75) is 30.0 Å². The molecule has 0 amide bonds. The molecule has 126 valence electrons. The van der Waals surface area contributed by atoms with Crippen molar-refractivity contribution in [1.29, 1.82) is 0 Å². The summed E-state index contributed by atoms with van der Waals surface area (Å²) in [5.74, 6) is 0.964. The van der Waals surface area contributed by atoms with Crippen LogP contribution in [0.5, 0.6) is 0 Å². The maximum atomic E-state index is 12.6. The number of hydrogen-bond acceptors (Lipinski definition) is 5. The minimum absolute atomic E-state index is 0.275. The Morgan fingerprint density at radius 2 is 1.92 bits per heavy atom. The molecule has 3 aromatic rings. The van der Waals surface area contributed by atoms with E-state index in [-0.39, 0.29) is 4.90 Å². The van der Waals surface area contributed by atoms with E-state index in [4.69, 9.17) is 0 Å². The zero-order valence-electron chi connectivity index (χ0n) is 13.7. The number of anilines is 1. The molecule has 2 aromatic carbocycles. The topological polar surface area (TPSA) is 59.1 Å². The van der Waals surface area contributed by atoms with E-state index in [1.54, 1.807) is 41.3 Å². The van der Waals surface area contributed by atoms with E-state index in [9.17, 15) is 8.42 Å². The van der Waals surface area contributed by atoms with Crippen molar-refractivity contribution in [3.8, 4) is 0 Å². The third kappa shape index (κ3) is 3.58. The average molecular weight is 379 g/mol. The number of sulfonamides is 1. The number of thiazole rings is 1. The van der Waals surface area contributed by atoms with E-state index in [1.807, 2.05) is 32.0 Å². The molecule has 1 aromatic heterocycles. The van der Waals surface area contributed by atoms with E-state index < -0.39 is 10.0 Å². The van der Waals surface area contributed by atoms with Crippen LogP contribution >= 0.6 is 23.1 Å². The maximum Gasteiger partial charge on any atom is 0.261 e. The van der Waals surface area contributed by atoms with Gasteiger partial charge < -0.3 is 0 Å². The van der Waals surface area contributed by atoms with Gasteiger partial charge in [0.2, 0.25) is 0 Å². The Kier molecular flexibility index (Phi) is 4.85. The van der Waals surface area contributed by atoms with Crippen molar-refractivity contribution in [3.63, 3.8) is 0 Å². The summed E-state index contributed by atoms with van der Waals surface area (Å²) in [4.78, 5) is 4.80. The lowest BCUT2D eigenvalue weighted by atomic mass is 10.1. The highest BCUT2D eigenvalue weighted by atomic mass is 32.2. The molecule has 0 aliphatic rings. The zero-order chi connectivity index (χ0) is 17.3. The molecule has 0 bridgehead atoms. The monoisotopic (exact) mass is 378 g/mol. The molecule has 0 radical (unpaired) electrons. The van der Waals surface area contributed by atoms with E-state index in [0.717, 1.165) is 31.4 Å². The van der Waals surface area contributed by atoms with Gasteiger partial charge in [0, 0.05) is 0 Å². The summed E-state index contributed by atoms with van der Waals surface area (Å²) in [6, 6.07) is 10.6. The fourth-order valence-corrected chi connectivity index (χ4v) is 5.39. The quantitative estimate of drug-likeness (QED) is 0.646. The number of aryl methyl sites for hydroxylation is 2. The lowest BCUT2D eigenvalue weighted by Crippen LogP contribution is -2.13. The predicted octanol–water partition coefficient (Wildman–Crippen LogP) is 4.83. The van der Waals surface area contributed by atoms with E-state index >= 15 is 0 Å². The van der Waals surface area contributed by atoms with Crippen LogP contribution < -0.4 is 4.72 Å². The first-order chi connectivity index (χ1) is 11.4. The second kappa shape index (κ2) is 6.74. The highest BCUT2D eigenvalue weighted by Gasteiger charge is 2.15. The van der Waals surface area contributed by atoms with Crippen LogP contribution in [-0.2, 0) is 10.0 Å². The van der Waals surface area contributed by atoms with Crippen LogP contribution in [-0.4, -0.2) is 19.2 Å². The molecule has 4 nitrogen and oxygen atoms in total. The number of benzene rings is 2. The van der Waals surface area contributed by atoms with Crippen molar-refractivity contribution >= 4 is 49.0 Å². The molecule has 0 unspecified atom stereocenters. The molecule has 0 aliphatic carbocycles. The Labute approximate surface area is 150 Å². The minimum atomic E-state index is -3.60. The molecule has 0 spiro atoms. The first kappa shape index (κ1) is 17.3. The van der Waals surface area contributed by atoms with Gasteiger partial charge in [-0.05, 0) is 61.1 Å². The summed E-state index contributed by atoms with van der Waals surface area (Å²) < 4.78 is 29.8. The predicted molar refractivity (Wildman–Crippen MR) is 103 cm³/mol. The Morgan fingerprint density at radius 1 is 1.12 bits per heavy atom. The Hall–Kier alpha value is -1.57. The van der Waals surface area contributed by atoms with Crippen molar-refractivity contribution in [2.24, 2.45) is 0 Å². The summed E-state index contributed by atoms with van der Waals surface area (Å²) in [7, 11) is -3.60. The van der Waals surface area contributed by atoms with Crippen molar-refractivity contribution in [3.05, 3.63) is 47.5 Å². The van der Waals surface area contributed by atoms with Crippen LogP contribution in [0.3, 0.4) is 0 Å². The Balaban J connectivity index is 1.91. The smallest absolute Gasteiger partial charge is 0.261 e. The number of fused-ring (bicyclic) bond motifs is 1. The second-order valence-electron chi connectivity index (χ2n) is 5.45. The molecule has 1 heterocycles. The first-order valence-corrected chi connectivity index (χ1v) is 10.8. The third-order valence-corrected chi connectivity index (χ3v) is 7.10. The molecule has 0 atom stereocenters. The first-order valence-electron chi connectivity index (χ1n) is 7.52. The standard InChI is InChI=1S/C17H18N2O2S3/c1-4-22-17-18-15-8-6-13(10-16(15)23-17)19-24(20,21)14-7-5-11(2)12(3)9-14/h5-10,19H,4H2,1-3H3. The van der Waals surface area contributed by atoms with Gasteiger partial charge in [-0.25, -0.2) is 13.4 Å². The van der Waals surface area contributed by atoms with E-state index in [0.29, 0.717) is 5.69 Å². The summed E-state index contributed by atoms with van der Waals surface area (Å²) in [6.07, 6.45) is 0. The molecule has 1 N–H and O–H groups in total. The number of aromatic nitrogens is 1. The lowest BCUT2D eigenvalue weighted by molar-refractivity contribution is 0.601. The fourth-order valence-electron chi connectivity index (χ4n) is 2.25. The number of hydrogen-bond donors (Lipinski definition) is 1. The highest BCUT2D eigenvalue weighted by Crippen LogP contribution is 2.31. The summed E-state index contributed by atoms with van der Waals surface area (Å²) in [6.45, 7) is 5.95. The second-order valence-corrected chi connectivity index (χ2v) is 9.67. The van der Waals surface area contributed by atoms with Crippen molar-refractivity contribution in [1.82, 2.24) is 4.98 Å². The van der Waals surface area contributed by atoms with Gasteiger partial charge in [0.25, 0.3) is 10.0 Å². The minimum Gasteiger partial charge on any atom is -0.280 e. The SMILES string of the molecule is CCSc1nc2ccc(NS(=O)(=O)c3ccc(C)c(C)c3)cc2s1. The number of nitrogens with zero attached hydrogens (tertiary/aromatic N) is 1. The molecule has 0 fully saturated rings. The Morgan fingerprint density at radius 3 is 2.62 bits per heavy atom. The third-order valence-electron chi connectivity index (χ3n) is 3.68. The maximum absolute atomic E-state index is 12.6. The number of rotatable bonds is 5. The van der Waals surface area contributed by atoms with Gasteiger partial charge in [-0.15, -0.1) is 11.3 Å². The molecular formula is C17H18N2O2S3. The van der Waals surface area contributed by atoms with Gasteiger partial charge in [0.15, 0.2) is 4.34 Å². The molecule has 0 aliphatic heterocycles. The molecule has 0 saturated carbocycles.